The van der Waals surface area contributed by atoms with Crippen molar-refractivity contribution < 1.29 is 4.79 Å². The molecule has 2 heterocycles. The molecule has 0 bridgehead atoms. The maximum absolute atomic E-state index is 11.9. The summed E-state index contributed by atoms with van der Waals surface area (Å²) in [6.07, 6.45) is 5.12. The Morgan fingerprint density at radius 2 is 2.19 bits per heavy atom. The van der Waals surface area contributed by atoms with Crippen molar-refractivity contribution in [2.75, 3.05) is 5.75 Å². The van der Waals surface area contributed by atoms with Gasteiger partial charge in [-0.3, -0.25) is 14.9 Å². The van der Waals surface area contributed by atoms with Crippen molar-refractivity contribution in [1.29, 1.82) is 0 Å². The van der Waals surface area contributed by atoms with E-state index < -0.39 is 0 Å². The molecule has 0 aromatic carbocycles. The van der Waals surface area contributed by atoms with Crippen molar-refractivity contribution >= 4 is 17.7 Å². The zero-order chi connectivity index (χ0) is 15.1. The van der Waals surface area contributed by atoms with E-state index in [9.17, 15) is 4.79 Å². The van der Waals surface area contributed by atoms with Crippen LogP contribution in [0.3, 0.4) is 0 Å². The average molecular weight is 305 g/mol. The number of carbonyl (C=O) groups excluding carboxylic acids is 1. The third kappa shape index (κ3) is 5.18. The molecule has 1 amide bonds. The molecular weight excluding hydrogens is 286 g/mol. The van der Waals surface area contributed by atoms with E-state index in [2.05, 4.69) is 25.5 Å². The molecule has 2 N–H and O–H groups in total. The molecule has 2 aromatic heterocycles. The third-order valence-electron chi connectivity index (χ3n) is 2.88. The first kappa shape index (κ1) is 15.5. The number of amides is 1. The van der Waals surface area contributed by atoms with Crippen LogP contribution in [0.4, 0.5) is 0 Å². The average Bonchev–Trinajstić information content (AvgIpc) is 2.94. The maximum Gasteiger partial charge on any atom is 0.230 e. The van der Waals surface area contributed by atoms with Gasteiger partial charge in [0, 0.05) is 24.9 Å². The summed E-state index contributed by atoms with van der Waals surface area (Å²) in [4.78, 5) is 20.1. The Kier molecular flexibility index (Phi) is 5.74. The summed E-state index contributed by atoms with van der Waals surface area (Å²) in [6, 6.07) is 3.99. The van der Waals surface area contributed by atoms with Gasteiger partial charge in [-0.1, -0.05) is 18.7 Å². The van der Waals surface area contributed by atoms with Gasteiger partial charge in [0.15, 0.2) is 0 Å². The summed E-state index contributed by atoms with van der Waals surface area (Å²) < 4.78 is 0. The van der Waals surface area contributed by atoms with Gasteiger partial charge in [-0.15, -0.1) is 5.10 Å². The molecule has 0 fully saturated rings. The Bertz CT molecular complexity index is 572. The van der Waals surface area contributed by atoms with Crippen molar-refractivity contribution in [2.24, 2.45) is 0 Å². The van der Waals surface area contributed by atoms with Gasteiger partial charge >= 0.3 is 0 Å². The monoisotopic (exact) mass is 305 g/mol. The lowest BCUT2D eigenvalue weighted by atomic mass is 10.1. The first-order valence-electron chi connectivity index (χ1n) is 6.89. The van der Waals surface area contributed by atoms with Gasteiger partial charge in [0.1, 0.15) is 5.82 Å². The Morgan fingerprint density at radius 3 is 2.86 bits per heavy atom. The highest BCUT2D eigenvalue weighted by atomic mass is 32.2. The molecule has 0 saturated carbocycles. The van der Waals surface area contributed by atoms with E-state index in [0.717, 1.165) is 24.2 Å². The van der Waals surface area contributed by atoms with Gasteiger partial charge in [-0.05, 0) is 31.0 Å². The molecule has 112 valence electrons. The van der Waals surface area contributed by atoms with Gasteiger partial charge in [0.2, 0.25) is 11.1 Å². The Hall–Kier alpha value is -1.89. The summed E-state index contributed by atoms with van der Waals surface area (Å²) in [7, 11) is 0. The van der Waals surface area contributed by atoms with Gasteiger partial charge in [-0.25, -0.2) is 4.98 Å². The summed E-state index contributed by atoms with van der Waals surface area (Å²) in [6.45, 7) is 3.99. The summed E-state index contributed by atoms with van der Waals surface area (Å²) in [5, 5.41) is 10.5. The molecular formula is C14H19N5OS. The molecule has 0 saturated heterocycles. The van der Waals surface area contributed by atoms with Gasteiger partial charge < -0.3 is 5.32 Å². The van der Waals surface area contributed by atoms with Crippen LogP contribution in [0.25, 0.3) is 0 Å². The quantitative estimate of drug-likeness (QED) is 0.759. The molecule has 2 aromatic rings. The maximum atomic E-state index is 11.9. The molecule has 0 aliphatic carbocycles. The van der Waals surface area contributed by atoms with E-state index in [-0.39, 0.29) is 11.9 Å². The first-order valence-corrected chi connectivity index (χ1v) is 7.88. The lowest BCUT2D eigenvalue weighted by Crippen LogP contribution is -2.35. The van der Waals surface area contributed by atoms with Crippen LogP contribution in [0.1, 0.15) is 25.2 Å². The Labute approximate surface area is 128 Å². The summed E-state index contributed by atoms with van der Waals surface area (Å²) in [5.41, 5.74) is 1.16. The number of rotatable bonds is 7. The minimum absolute atomic E-state index is 0.00981. The van der Waals surface area contributed by atoms with Crippen LogP contribution in [0.5, 0.6) is 0 Å². The number of pyridine rings is 1. The fourth-order valence-electron chi connectivity index (χ4n) is 1.87. The number of hydrogen-bond acceptors (Lipinski definition) is 5. The molecule has 2 rings (SSSR count). The minimum Gasteiger partial charge on any atom is -0.353 e. The largest absolute Gasteiger partial charge is 0.353 e. The van der Waals surface area contributed by atoms with Gasteiger partial charge in [0.05, 0.1) is 5.75 Å². The lowest BCUT2D eigenvalue weighted by molar-refractivity contribution is -0.119. The van der Waals surface area contributed by atoms with Crippen LogP contribution in [0, 0.1) is 0 Å². The fourth-order valence-corrected chi connectivity index (χ4v) is 2.50. The number of aromatic amines is 1. The molecule has 0 aliphatic rings. The highest BCUT2D eigenvalue weighted by molar-refractivity contribution is 7.99. The van der Waals surface area contributed by atoms with Gasteiger partial charge in [0.25, 0.3) is 0 Å². The number of nitrogens with one attached hydrogen (secondary N) is 2. The zero-order valence-electron chi connectivity index (χ0n) is 12.2. The van der Waals surface area contributed by atoms with Crippen molar-refractivity contribution in [3.8, 4) is 0 Å². The van der Waals surface area contributed by atoms with Crippen molar-refractivity contribution in [1.82, 2.24) is 25.5 Å². The van der Waals surface area contributed by atoms with E-state index in [4.69, 9.17) is 0 Å². The number of H-pyrrole nitrogens is 1. The Balaban J connectivity index is 1.73. The predicted molar refractivity (Wildman–Crippen MR) is 82.0 cm³/mol. The first-order chi connectivity index (χ1) is 10.2. The minimum atomic E-state index is -0.00981. The van der Waals surface area contributed by atoms with Crippen molar-refractivity contribution in [3.63, 3.8) is 0 Å². The molecule has 0 unspecified atom stereocenters. The smallest absolute Gasteiger partial charge is 0.230 e. The van der Waals surface area contributed by atoms with Crippen LogP contribution >= 0.6 is 11.8 Å². The number of hydrogen-bond donors (Lipinski definition) is 2. The second kappa shape index (κ2) is 7.78. The standard InChI is InChI=1S/C14H19N5OS/c1-3-12-17-14(19-18-12)21-9-13(20)16-10(2)8-11-4-6-15-7-5-11/h4-7,10H,3,8-9H2,1-2H3,(H,16,20)(H,17,18,19)/t10-/m0/s1. The van der Waals surface area contributed by atoms with Crippen molar-refractivity contribution in [3.05, 3.63) is 35.9 Å². The molecule has 1 atom stereocenters. The highest BCUT2D eigenvalue weighted by Gasteiger charge is 2.10. The number of aromatic nitrogens is 4. The van der Waals surface area contributed by atoms with E-state index in [1.807, 2.05) is 26.0 Å². The number of aryl methyl sites for hydroxylation is 1. The van der Waals surface area contributed by atoms with Crippen LogP contribution in [-0.2, 0) is 17.6 Å². The molecule has 6 nitrogen and oxygen atoms in total. The molecule has 0 aliphatic heterocycles. The number of thioether (sulfide) groups is 1. The highest BCUT2D eigenvalue weighted by Crippen LogP contribution is 2.12. The molecule has 0 spiro atoms. The number of nitrogens with zero attached hydrogens (tertiary/aromatic N) is 3. The number of carbonyl (C=O) groups is 1. The predicted octanol–water partition coefficient (Wildman–Crippen LogP) is 1.60. The van der Waals surface area contributed by atoms with E-state index in [1.54, 1.807) is 12.4 Å². The third-order valence-corrected chi connectivity index (χ3v) is 3.72. The van der Waals surface area contributed by atoms with Crippen LogP contribution < -0.4 is 5.32 Å². The Morgan fingerprint density at radius 1 is 1.43 bits per heavy atom. The summed E-state index contributed by atoms with van der Waals surface area (Å²) >= 11 is 1.34. The normalized spacial score (nSPS) is 12.1. The summed E-state index contributed by atoms with van der Waals surface area (Å²) in [5.74, 6) is 1.15. The van der Waals surface area contributed by atoms with Crippen LogP contribution in [-0.4, -0.2) is 37.9 Å². The van der Waals surface area contributed by atoms with E-state index in [0.29, 0.717) is 10.9 Å². The second-order valence-electron chi connectivity index (χ2n) is 4.74. The topological polar surface area (TPSA) is 83.6 Å². The SMILES string of the molecule is CCc1nc(SCC(=O)N[C@@H](C)Cc2ccncc2)n[nH]1. The second-order valence-corrected chi connectivity index (χ2v) is 5.68. The zero-order valence-corrected chi connectivity index (χ0v) is 13.0. The molecule has 0 radical (unpaired) electrons. The van der Waals surface area contributed by atoms with E-state index >= 15 is 0 Å². The van der Waals surface area contributed by atoms with Crippen LogP contribution in [0.2, 0.25) is 0 Å². The molecule has 7 heteroatoms. The van der Waals surface area contributed by atoms with Crippen molar-refractivity contribution in [2.45, 2.75) is 37.9 Å². The molecule has 21 heavy (non-hydrogen) atoms. The van der Waals surface area contributed by atoms with E-state index in [1.165, 1.54) is 11.8 Å². The lowest BCUT2D eigenvalue weighted by Gasteiger charge is -2.13. The fraction of sp³-hybridized carbons (Fsp3) is 0.429. The van der Waals surface area contributed by atoms with Gasteiger partial charge in [-0.2, -0.15) is 0 Å². The van der Waals surface area contributed by atoms with Crippen LogP contribution in [0.15, 0.2) is 29.7 Å².